The summed E-state index contributed by atoms with van der Waals surface area (Å²) < 4.78 is 6.26. The second-order valence-corrected chi connectivity index (χ2v) is 10.8. The van der Waals surface area contributed by atoms with E-state index in [0.717, 1.165) is 78.6 Å². The van der Waals surface area contributed by atoms with Gasteiger partial charge in [0.05, 0.1) is 17.3 Å². The normalized spacial score (nSPS) is 22.4. The van der Waals surface area contributed by atoms with E-state index in [2.05, 4.69) is 51.3 Å². The van der Waals surface area contributed by atoms with Crippen molar-refractivity contribution >= 4 is 33.9 Å². The van der Waals surface area contributed by atoms with E-state index in [-0.39, 0.29) is 0 Å². The zero-order chi connectivity index (χ0) is 24.6. The van der Waals surface area contributed by atoms with E-state index < -0.39 is 0 Å². The third kappa shape index (κ3) is 4.49. The number of hydrogen-bond donors (Lipinski definition) is 1. The fourth-order valence-electron chi connectivity index (χ4n) is 6.01. The number of nitrogens with one attached hydrogen (secondary N) is 1. The molecular formula is C28H35ClN6O. The molecule has 8 heteroatoms. The van der Waals surface area contributed by atoms with Gasteiger partial charge in [0.1, 0.15) is 12.4 Å². The standard InChI is InChI=1S/C28H35ClN6O/c1-30-20-11-14-35(16-20)27-22-12-15-34(25-10-4-7-19-6-3-9-23(29)26(19)25)17-24(22)31-28(32-27)36-18-21-8-5-13-33(21)2/h3-4,6-7,9-10,20-21,30H,5,8,11-18H2,1-2H3. The van der Waals surface area contributed by atoms with Crippen molar-refractivity contribution in [3.8, 4) is 6.01 Å². The maximum atomic E-state index is 6.67. The average molecular weight is 507 g/mol. The van der Waals surface area contributed by atoms with Gasteiger partial charge in [-0.25, -0.2) is 0 Å². The number of likely N-dealkylation sites (tertiary alicyclic amines) is 1. The number of nitrogens with zero attached hydrogens (tertiary/aromatic N) is 5. The SMILES string of the molecule is CNC1CCN(c2nc(OCC3CCCN3C)nc3c2CCN(c2cccc4cccc(Cl)c24)C3)C1. The number of benzene rings is 2. The van der Waals surface area contributed by atoms with Crippen LogP contribution in [-0.2, 0) is 13.0 Å². The minimum absolute atomic E-state index is 0.433. The Hall–Kier alpha value is -2.61. The van der Waals surface area contributed by atoms with Gasteiger partial charge >= 0.3 is 6.01 Å². The first kappa shape index (κ1) is 23.8. The molecule has 0 spiro atoms. The Morgan fingerprint density at radius 1 is 1.06 bits per heavy atom. The summed E-state index contributed by atoms with van der Waals surface area (Å²) in [5.41, 5.74) is 3.49. The van der Waals surface area contributed by atoms with E-state index in [1.807, 2.05) is 19.2 Å². The highest BCUT2D eigenvalue weighted by molar-refractivity contribution is 6.36. The van der Waals surface area contributed by atoms with Crippen molar-refractivity contribution in [2.75, 3.05) is 56.7 Å². The first-order chi connectivity index (χ1) is 17.6. The fourth-order valence-corrected chi connectivity index (χ4v) is 6.29. The predicted octanol–water partition coefficient (Wildman–Crippen LogP) is 4.12. The van der Waals surface area contributed by atoms with Gasteiger partial charge in [-0.1, -0.05) is 35.9 Å². The van der Waals surface area contributed by atoms with Crippen LogP contribution in [0.5, 0.6) is 6.01 Å². The van der Waals surface area contributed by atoms with Crippen LogP contribution in [0.1, 0.15) is 30.5 Å². The lowest BCUT2D eigenvalue weighted by atomic mass is 10.0. The summed E-state index contributed by atoms with van der Waals surface area (Å²) in [6.07, 6.45) is 4.42. The number of aromatic nitrogens is 2. The van der Waals surface area contributed by atoms with Gasteiger partial charge in [0.25, 0.3) is 0 Å². The molecule has 3 aromatic rings. The largest absolute Gasteiger partial charge is 0.462 e. The average Bonchev–Trinajstić information content (AvgIpc) is 3.55. The molecule has 2 saturated heterocycles. The van der Waals surface area contributed by atoms with E-state index in [1.165, 1.54) is 18.4 Å². The van der Waals surface area contributed by atoms with E-state index in [4.69, 9.17) is 26.3 Å². The van der Waals surface area contributed by atoms with Crippen molar-refractivity contribution in [2.45, 2.75) is 44.3 Å². The Kier molecular flexibility index (Phi) is 6.63. The minimum atomic E-state index is 0.433. The molecule has 0 saturated carbocycles. The van der Waals surface area contributed by atoms with Crippen LogP contribution >= 0.6 is 11.6 Å². The number of likely N-dealkylation sites (N-methyl/N-ethyl adjacent to an activating group) is 2. The van der Waals surface area contributed by atoms with Crippen molar-refractivity contribution in [3.05, 3.63) is 52.7 Å². The van der Waals surface area contributed by atoms with Crippen molar-refractivity contribution < 1.29 is 4.74 Å². The van der Waals surface area contributed by atoms with E-state index in [1.54, 1.807) is 0 Å². The van der Waals surface area contributed by atoms with Gasteiger partial charge < -0.3 is 24.8 Å². The lowest BCUT2D eigenvalue weighted by Gasteiger charge is -2.33. The van der Waals surface area contributed by atoms with E-state index >= 15 is 0 Å². The molecule has 0 radical (unpaired) electrons. The van der Waals surface area contributed by atoms with Crippen LogP contribution < -0.4 is 19.9 Å². The topological polar surface area (TPSA) is 56.8 Å². The number of rotatable bonds is 6. The summed E-state index contributed by atoms with van der Waals surface area (Å²) in [4.78, 5) is 17.2. The molecule has 3 aliphatic rings. The third-order valence-electron chi connectivity index (χ3n) is 8.17. The zero-order valence-electron chi connectivity index (χ0n) is 21.2. The van der Waals surface area contributed by atoms with Crippen molar-refractivity contribution in [3.63, 3.8) is 0 Å². The van der Waals surface area contributed by atoms with Crippen molar-refractivity contribution in [2.24, 2.45) is 0 Å². The van der Waals surface area contributed by atoms with Crippen LogP contribution in [0, 0.1) is 0 Å². The number of hydrogen-bond acceptors (Lipinski definition) is 7. The molecular weight excluding hydrogens is 472 g/mol. The molecule has 6 rings (SSSR count). The van der Waals surface area contributed by atoms with Gasteiger partial charge in [0.15, 0.2) is 0 Å². The minimum Gasteiger partial charge on any atom is -0.462 e. The number of anilines is 2. The molecule has 0 amide bonds. The molecule has 3 aliphatic heterocycles. The van der Waals surface area contributed by atoms with Crippen LogP contribution in [-0.4, -0.2) is 73.8 Å². The van der Waals surface area contributed by atoms with Gasteiger partial charge in [-0.2, -0.15) is 9.97 Å². The molecule has 190 valence electrons. The fraction of sp³-hybridized carbons (Fsp3) is 0.500. The molecule has 2 atom stereocenters. The van der Waals surface area contributed by atoms with Gasteiger partial charge in [0.2, 0.25) is 0 Å². The van der Waals surface area contributed by atoms with Crippen LogP contribution in [0.15, 0.2) is 36.4 Å². The highest BCUT2D eigenvalue weighted by Gasteiger charge is 2.30. The Labute approximate surface area is 218 Å². The summed E-state index contributed by atoms with van der Waals surface area (Å²) in [6, 6.07) is 14.0. The lowest BCUT2D eigenvalue weighted by molar-refractivity contribution is 0.187. The Morgan fingerprint density at radius 3 is 2.69 bits per heavy atom. The van der Waals surface area contributed by atoms with E-state index in [9.17, 15) is 0 Å². The quantitative estimate of drug-likeness (QED) is 0.539. The maximum absolute atomic E-state index is 6.67. The zero-order valence-corrected chi connectivity index (χ0v) is 22.0. The molecule has 4 heterocycles. The number of fused-ring (bicyclic) bond motifs is 2. The number of halogens is 1. The summed E-state index contributed by atoms with van der Waals surface area (Å²) in [6.45, 7) is 5.36. The summed E-state index contributed by atoms with van der Waals surface area (Å²) >= 11 is 6.67. The van der Waals surface area contributed by atoms with Crippen molar-refractivity contribution in [1.29, 1.82) is 0 Å². The second kappa shape index (κ2) is 10.0. The molecule has 1 N–H and O–H groups in total. The summed E-state index contributed by atoms with van der Waals surface area (Å²) in [7, 11) is 4.22. The summed E-state index contributed by atoms with van der Waals surface area (Å²) in [5, 5.41) is 6.49. The third-order valence-corrected chi connectivity index (χ3v) is 8.48. The van der Waals surface area contributed by atoms with Crippen LogP contribution in [0.3, 0.4) is 0 Å². The Balaban J connectivity index is 1.33. The molecule has 36 heavy (non-hydrogen) atoms. The van der Waals surface area contributed by atoms with Crippen LogP contribution in [0.25, 0.3) is 10.8 Å². The first-order valence-corrected chi connectivity index (χ1v) is 13.6. The number of ether oxygens (including phenoxy) is 1. The van der Waals surface area contributed by atoms with Gasteiger partial charge in [-0.05, 0) is 63.8 Å². The lowest BCUT2D eigenvalue weighted by Crippen LogP contribution is -2.35. The van der Waals surface area contributed by atoms with Crippen LogP contribution in [0.2, 0.25) is 5.02 Å². The molecule has 2 unspecified atom stereocenters. The maximum Gasteiger partial charge on any atom is 0.318 e. The molecule has 0 bridgehead atoms. The highest BCUT2D eigenvalue weighted by atomic mass is 35.5. The summed E-state index contributed by atoms with van der Waals surface area (Å²) in [5.74, 6) is 1.06. The van der Waals surface area contributed by atoms with Crippen molar-refractivity contribution in [1.82, 2.24) is 20.2 Å². The van der Waals surface area contributed by atoms with Gasteiger partial charge in [0, 0.05) is 48.4 Å². The highest BCUT2D eigenvalue weighted by Crippen LogP contribution is 2.37. The second-order valence-electron chi connectivity index (χ2n) is 10.3. The molecule has 2 fully saturated rings. The molecule has 0 aliphatic carbocycles. The monoisotopic (exact) mass is 506 g/mol. The first-order valence-electron chi connectivity index (χ1n) is 13.2. The molecule has 1 aromatic heterocycles. The van der Waals surface area contributed by atoms with E-state index in [0.29, 0.717) is 24.7 Å². The van der Waals surface area contributed by atoms with Crippen LogP contribution in [0.4, 0.5) is 11.5 Å². The Morgan fingerprint density at radius 2 is 1.92 bits per heavy atom. The molecule has 7 nitrogen and oxygen atoms in total. The Bertz CT molecular complexity index is 1250. The molecule has 2 aromatic carbocycles. The van der Waals surface area contributed by atoms with Gasteiger partial charge in [-0.15, -0.1) is 0 Å². The smallest absolute Gasteiger partial charge is 0.318 e. The predicted molar refractivity (Wildman–Crippen MR) is 147 cm³/mol. The van der Waals surface area contributed by atoms with Gasteiger partial charge in [-0.3, -0.25) is 0 Å².